The SMILES string of the molecule is Nc1ccc2oc(-c3ccccc3)cc(=O)c2c1O. The minimum Gasteiger partial charge on any atom is -0.505 e. The van der Waals surface area contributed by atoms with Gasteiger partial charge in [-0.1, -0.05) is 30.3 Å². The summed E-state index contributed by atoms with van der Waals surface area (Å²) < 4.78 is 5.65. The van der Waals surface area contributed by atoms with Crippen molar-refractivity contribution in [1.82, 2.24) is 0 Å². The van der Waals surface area contributed by atoms with Gasteiger partial charge in [0.1, 0.15) is 16.7 Å². The largest absolute Gasteiger partial charge is 0.505 e. The minimum absolute atomic E-state index is 0.111. The fourth-order valence-electron chi connectivity index (χ4n) is 2.00. The van der Waals surface area contributed by atoms with Crippen LogP contribution in [-0.2, 0) is 0 Å². The summed E-state index contributed by atoms with van der Waals surface area (Å²) in [4.78, 5) is 12.1. The highest BCUT2D eigenvalue weighted by Gasteiger charge is 2.12. The van der Waals surface area contributed by atoms with Gasteiger partial charge in [0.05, 0.1) is 5.69 Å². The highest BCUT2D eigenvalue weighted by Crippen LogP contribution is 2.30. The fraction of sp³-hybridized carbons (Fsp3) is 0. The molecule has 0 aliphatic rings. The van der Waals surface area contributed by atoms with E-state index in [-0.39, 0.29) is 22.3 Å². The minimum atomic E-state index is -0.315. The lowest BCUT2D eigenvalue weighted by Crippen LogP contribution is -2.02. The standard InChI is InChI=1S/C15H11NO3/c16-10-6-7-12-14(15(10)18)11(17)8-13(19-12)9-4-2-1-3-5-9/h1-8,18H,16H2. The molecule has 0 unspecified atom stereocenters. The second-order valence-electron chi connectivity index (χ2n) is 4.22. The molecule has 4 nitrogen and oxygen atoms in total. The average Bonchev–Trinajstić information content (AvgIpc) is 2.43. The molecule has 0 aliphatic heterocycles. The maximum Gasteiger partial charge on any atom is 0.197 e. The van der Waals surface area contributed by atoms with Crippen LogP contribution in [0.3, 0.4) is 0 Å². The van der Waals surface area contributed by atoms with Crippen molar-refractivity contribution < 1.29 is 9.52 Å². The second kappa shape index (κ2) is 4.17. The Morgan fingerprint density at radius 3 is 2.53 bits per heavy atom. The van der Waals surface area contributed by atoms with Gasteiger partial charge in [-0.05, 0) is 12.1 Å². The third kappa shape index (κ3) is 1.83. The fourth-order valence-corrected chi connectivity index (χ4v) is 2.00. The van der Waals surface area contributed by atoms with Gasteiger partial charge >= 0.3 is 0 Å². The Balaban J connectivity index is 2.33. The number of anilines is 1. The van der Waals surface area contributed by atoms with Gasteiger partial charge in [0.2, 0.25) is 0 Å². The van der Waals surface area contributed by atoms with Gasteiger partial charge in [0.15, 0.2) is 11.2 Å². The topological polar surface area (TPSA) is 76.5 Å². The van der Waals surface area contributed by atoms with Crippen molar-refractivity contribution in [2.24, 2.45) is 0 Å². The van der Waals surface area contributed by atoms with E-state index in [0.717, 1.165) is 5.56 Å². The number of rotatable bonds is 1. The number of phenolic OH excluding ortho intramolecular Hbond substituents is 1. The first-order valence-electron chi connectivity index (χ1n) is 5.77. The van der Waals surface area contributed by atoms with Gasteiger partial charge in [0.25, 0.3) is 0 Å². The molecule has 0 saturated heterocycles. The van der Waals surface area contributed by atoms with Gasteiger partial charge in [-0.3, -0.25) is 4.79 Å². The normalized spacial score (nSPS) is 10.7. The van der Waals surface area contributed by atoms with E-state index in [1.807, 2.05) is 30.3 Å². The number of nitrogens with two attached hydrogens (primary N) is 1. The molecule has 4 heteroatoms. The first kappa shape index (κ1) is 11.3. The number of hydrogen-bond acceptors (Lipinski definition) is 4. The molecule has 3 aromatic rings. The summed E-state index contributed by atoms with van der Waals surface area (Å²) in [6, 6.07) is 13.8. The van der Waals surface area contributed by atoms with E-state index in [4.69, 9.17) is 10.2 Å². The maximum absolute atomic E-state index is 12.1. The van der Waals surface area contributed by atoms with Crippen LogP contribution in [0.25, 0.3) is 22.3 Å². The Hall–Kier alpha value is -2.75. The Bertz CT molecular complexity index is 807. The zero-order valence-corrected chi connectivity index (χ0v) is 9.96. The summed E-state index contributed by atoms with van der Waals surface area (Å²) >= 11 is 0. The number of phenols is 1. The Morgan fingerprint density at radius 2 is 1.79 bits per heavy atom. The molecule has 0 radical (unpaired) electrons. The van der Waals surface area contributed by atoms with Gasteiger partial charge in [-0.25, -0.2) is 0 Å². The quantitative estimate of drug-likeness (QED) is 0.516. The smallest absolute Gasteiger partial charge is 0.197 e. The maximum atomic E-state index is 12.1. The first-order chi connectivity index (χ1) is 9.16. The van der Waals surface area contributed by atoms with E-state index in [2.05, 4.69) is 0 Å². The highest BCUT2D eigenvalue weighted by molar-refractivity contribution is 5.89. The number of benzene rings is 2. The summed E-state index contributed by atoms with van der Waals surface area (Å²) in [7, 11) is 0. The van der Waals surface area contributed by atoms with E-state index in [1.54, 1.807) is 6.07 Å². The van der Waals surface area contributed by atoms with Crippen LogP contribution in [0, 0.1) is 0 Å². The Morgan fingerprint density at radius 1 is 1.05 bits per heavy atom. The van der Waals surface area contributed by atoms with Gasteiger partial charge in [0, 0.05) is 11.6 Å². The van der Waals surface area contributed by atoms with Crippen LogP contribution >= 0.6 is 0 Å². The molecular weight excluding hydrogens is 242 g/mol. The molecule has 1 heterocycles. The van der Waals surface area contributed by atoms with Gasteiger partial charge in [-0.2, -0.15) is 0 Å². The van der Waals surface area contributed by atoms with Crippen LogP contribution in [0.5, 0.6) is 5.75 Å². The molecule has 3 N–H and O–H groups in total. The second-order valence-corrected chi connectivity index (χ2v) is 4.22. The molecule has 0 fully saturated rings. The van der Waals surface area contributed by atoms with E-state index in [0.29, 0.717) is 11.3 Å². The Kier molecular flexibility index (Phi) is 2.49. The Labute approximate surface area is 108 Å². The molecule has 2 aromatic carbocycles. The summed E-state index contributed by atoms with van der Waals surface area (Å²) in [6.07, 6.45) is 0. The lowest BCUT2D eigenvalue weighted by atomic mass is 10.1. The molecule has 94 valence electrons. The van der Waals surface area contributed by atoms with E-state index < -0.39 is 0 Å². The lowest BCUT2D eigenvalue weighted by molar-refractivity contribution is 0.482. The summed E-state index contributed by atoms with van der Waals surface area (Å²) in [5.41, 5.74) is 6.54. The van der Waals surface area contributed by atoms with E-state index in [9.17, 15) is 9.90 Å². The lowest BCUT2D eigenvalue weighted by Gasteiger charge is -2.05. The molecular formula is C15H11NO3. The van der Waals surface area contributed by atoms with Crippen LogP contribution in [0.2, 0.25) is 0 Å². The summed E-state index contributed by atoms with van der Waals surface area (Å²) in [5, 5.41) is 9.93. The number of nitrogen functional groups attached to an aromatic ring is 1. The van der Waals surface area contributed by atoms with Crippen molar-refractivity contribution in [3.05, 3.63) is 58.8 Å². The number of fused-ring (bicyclic) bond motifs is 1. The molecule has 3 rings (SSSR count). The molecule has 0 aliphatic carbocycles. The molecule has 0 atom stereocenters. The van der Waals surface area contributed by atoms with Crippen molar-refractivity contribution in [3.8, 4) is 17.1 Å². The van der Waals surface area contributed by atoms with Crippen molar-refractivity contribution in [2.45, 2.75) is 0 Å². The third-order valence-corrected chi connectivity index (χ3v) is 2.96. The van der Waals surface area contributed by atoms with E-state index >= 15 is 0 Å². The first-order valence-corrected chi connectivity index (χ1v) is 5.77. The van der Waals surface area contributed by atoms with Crippen molar-refractivity contribution in [3.63, 3.8) is 0 Å². The van der Waals surface area contributed by atoms with Crippen molar-refractivity contribution in [1.29, 1.82) is 0 Å². The number of hydrogen-bond donors (Lipinski definition) is 2. The average molecular weight is 253 g/mol. The zero-order valence-electron chi connectivity index (χ0n) is 9.96. The molecule has 0 amide bonds. The predicted molar refractivity (Wildman–Crippen MR) is 74.0 cm³/mol. The molecule has 0 saturated carbocycles. The molecule has 1 aromatic heterocycles. The monoisotopic (exact) mass is 253 g/mol. The summed E-state index contributed by atoms with van der Waals surface area (Å²) in [6.45, 7) is 0. The van der Waals surface area contributed by atoms with Crippen molar-refractivity contribution >= 4 is 16.7 Å². The predicted octanol–water partition coefficient (Wildman–Crippen LogP) is 2.75. The third-order valence-electron chi connectivity index (χ3n) is 2.96. The molecule has 19 heavy (non-hydrogen) atoms. The van der Waals surface area contributed by atoms with Crippen LogP contribution in [0.4, 0.5) is 5.69 Å². The van der Waals surface area contributed by atoms with Gasteiger partial charge in [-0.15, -0.1) is 0 Å². The van der Waals surface area contributed by atoms with Crippen molar-refractivity contribution in [2.75, 3.05) is 5.73 Å². The van der Waals surface area contributed by atoms with Crippen LogP contribution in [-0.4, -0.2) is 5.11 Å². The molecule has 0 spiro atoms. The van der Waals surface area contributed by atoms with Crippen LogP contribution < -0.4 is 11.2 Å². The van der Waals surface area contributed by atoms with Crippen LogP contribution in [0.1, 0.15) is 0 Å². The highest BCUT2D eigenvalue weighted by atomic mass is 16.3. The summed E-state index contributed by atoms with van der Waals surface area (Å²) in [5.74, 6) is 0.230. The van der Waals surface area contributed by atoms with Gasteiger partial charge < -0.3 is 15.3 Å². The molecule has 0 bridgehead atoms. The van der Waals surface area contributed by atoms with E-state index in [1.165, 1.54) is 12.1 Å². The van der Waals surface area contributed by atoms with Crippen LogP contribution in [0.15, 0.2) is 57.7 Å². The number of aromatic hydroxyl groups is 1. The zero-order chi connectivity index (χ0) is 13.4.